The molecule has 15 heteroatoms. The molecule has 2 aliphatic heterocycles. The lowest BCUT2D eigenvalue weighted by Gasteiger charge is -2.45. The number of carboxylic acid groups (broad SMARTS) is 2. The third kappa shape index (κ3) is 4.21. The smallest absolute Gasteiger partial charge is 0.407 e. The average Bonchev–Trinajstić information content (AvgIpc) is 3.04. The van der Waals surface area contributed by atoms with E-state index < -0.39 is 17.4 Å². The molecule has 0 aromatic carbocycles. The highest BCUT2D eigenvalue weighted by molar-refractivity contribution is 8.01. The Kier molecular flexibility index (Phi) is 6.87. The van der Waals surface area contributed by atoms with Crippen LogP contribution < -0.4 is 5.73 Å². The molecule has 3 rings (SSSR count). The summed E-state index contributed by atoms with van der Waals surface area (Å²) in [5, 5.41) is 29.3. The van der Waals surface area contributed by atoms with Gasteiger partial charge in [-0.05, 0) is 16.0 Å². The van der Waals surface area contributed by atoms with Crippen LogP contribution in [0.2, 0.25) is 0 Å². The van der Waals surface area contributed by atoms with Gasteiger partial charge in [-0.3, -0.25) is 9.69 Å². The summed E-state index contributed by atoms with van der Waals surface area (Å²) in [6.07, 6.45) is -0.780. The predicted molar refractivity (Wildman–Crippen MR) is 98.3 cm³/mol. The second-order valence-corrected chi connectivity index (χ2v) is 8.10. The van der Waals surface area contributed by atoms with Gasteiger partial charge in [0.1, 0.15) is 5.70 Å². The highest BCUT2D eigenvalue weighted by atomic mass is 32.2. The van der Waals surface area contributed by atoms with Crippen molar-refractivity contribution >= 4 is 41.5 Å². The van der Waals surface area contributed by atoms with Gasteiger partial charge in [0.25, 0.3) is 0 Å². The first-order valence-corrected chi connectivity index (χ1v) is 9.75. The van der Waals surface area contributed by atoms with Gasteiger partial charge in [0.05, 0.1) is 23.7 Å². The lowest BCUT2D eigenvalue weighted by atomic mass is 10.1. The normalized spacial score (nSPS) is 20.9. The van der Waals surface area contributed by atoms with E-state index in [9.17, 15) is 19.5 Å². The van der Waals surface area contributed by atoms with Gasteiger partial charge >= 0.3 is 12.1 Å². The minimum atomic E-state index is -1.19. The lowest BCUT2D eigenvalue weighted by molar-refractivity contribution is -0.146. The van der Waals surface area contributed by atoms with E-state index >= 15 is 0 Å². The molecule has 1 aromatic heterocycles. The van der Waals surface area contributed by atoms with Crippen molar-refractivity contribution in [1.29, 1.82) is 0 Å². The Morgan fingerprint density at radius 2 is 2.14 bits per heavy atom. The van der Waals surface area contributed by atoms with Crippen molar-refractivity contribution in [3.05, 3.63) is 11.3 Å². The topological polar surface area (TPSA) is 199 Å². The number of nitrogens with zero attached hydrogens (tertiary/aromatic N) is 6. The zero-order valence-corrected chi connectivity index (χ0v) is 16.3. The SMILES string of the molecule is CN(CCn1nnnc1SCC1=C(C(=O)O)N2C(=O)C[C@H]2SC1N)C(=O)O.O. The number of fused-ring (bicyclic) bond motifs is 1. The summed E-state index contributed by atoms with van der Waals surface area (Å²) < 4.78 is 1.43. The first-order chi connectivity index (χ1) is 12.8. The molecule has 0 aliphatic carbocycles. The second-order valence-electron chi connectivity index (χ2n) is 5.84. The molecule has 3 heterocycles. The number of hydrogen-bond acceptors (Lipinski definition) is 9. The van der Waals surface area contributed by atoms with E-state index in [0.29, 0.717) is 10.7 Å². The van der Waals surface area contributed by atoms with Gasteiger partial charge in [0.15, 0.2) is 0 Å². The Hall–Kier alpha value is -2.36. The number of likely N-dealkylation sites (N-methyl/N-ethyl adjacent to an activating group) is 1. The molecule has 2 atom stereocenters. The number of nitrogens with two attached hydrogens (primary N) is 1. The number of amides is 2. The van der Waals surface area contributed by atoms with Crippen LogP contribution in [-0.2, 0) is 16.1 Å². The van der Waals surface area contributed by atoms with Crippen LogP contribution in [0.25, 0.3) is 0 Å². The molecule has 2 amide bonds. The fourth-order valence-corrected chi connectivity index (χ4v) is 4.98. The standard InChI is InChI=1S/C13H17N7O5S2.H2O/c1-18(13(24)25)2-3-19-12(15-16-17-19)26-5-6-9(11(22)23)20-7(21)4-8(20)27-10(6)14;/h8,10H,2-5,14H2,1H3,(H,22,23)(H,24,25);1H2/t8-,10?;/m1./s1. The van der Waals surface area contributed by atoms with Crippen LogP contribution in [0.1, 0.15) is 6.42 Å². The highest BCUT2D eigenvalue weighted by Crippen LogP contribution is 2.43. The summed E-state index contributed by atoms with van der Waals surface area (Å²) in [4.78, 5) is 36.7. The minimum absolute atomic E-state index is 0. The van der Waals surface area contributed by atoms with E-state index in [1.165, 1.54) is 40.2 Å². The number of aliphatic carboxylic acids is 1. The van der Waals surface area contributed by atoms with Crippen LogP contribution in [0, 0.1) is 0 Å². The fraction of sp³-hybridized carbons (Fsp3) is 0.538. The Bertz CT molecular complexity index is 815. The molecule has 0 spiro atoms. The molecular weight excluding hydrogens is 414 g/mol. The maximum absolute atomic E-state index is 11.8. The van der Waals surface area contributed by atoms with Gasteiger partial charge in [-0.2, -0.15) is 0 Å². The molecule has 154 valence electrons. The first-order valence-electron chi connectivity index (χ1n) is 7.82. The van der Waals surface area contributed by atoms with E-state index in [4.69, 9.17) is 10.8 Å². The second kappa shape index (κ2) is 8.76. The molecule has 13 nitrogen and oxygen atoms in total. The van der Waals surface area contributed by atoms with Crippen LogP contribution in [0.5, 0.6) is 0 Å². The molecule has 6 N–H and O–H groups in total. The van der Waals surface area contributed by atoms with Crippen molar-refractivity contribution in [2.24, 2.45) is 5.73 Å². The van der Waals surface area contributed by atoms with Gasteiger partial charge in [0.2, 0.25) is 11.1 Å². The van der Waals surface area contributed by atoms with Crippen LogP contribution >= 0.6 is 23.5 Å². The zero-order valence-electron chi connectivity index (χ0n) is 14.7. The number of aromatic nitrogens is 4. The summed E-state index contributed by atoms with van der Waals surface area (Å²) in [5.74, 6) is -1.23. The molecule has 2 aliphatic rings. The van der Waals surface area contributed by atoms with Gasteiger partial charge in [-0.1, -0.05) is 11.8 Å². The molecule has 0 saturated carbocycles. The molecule has 1 aromatic rings. The van der Waals surface area contributed by atoms with E-state index in [0.717, 1.165) is 4.90 Å². The maximum Gasteiger partial charge on any atom is 0.407 e. The van der Waals surface area contributed by atoms with Crippen LogP contribution in [0.4, 0.5) is 4.79 Å². The first kappa shape index (κ1) is 21.9. The van der Waals surface area contributed by atoms with Crippen molar-refractivity contribution < 1.29 is 30.1 Å². The molecule has 1 fully saturated rings. The highest BCUT2D eigenvalue weighted by Gasteiger charge is 2.47. The summed E-state index contributed by atoms with van der Waals surface area (Å²) in [6, 6.07) is 0. The summed E-state index contributed by atoms with van der Waals surface area (Å²) in [6.45, 7) is 0.437. The van der Waals surface area contributed by atoms with Crippen molar-refractivity contribution in [2.75, 3.05) is 19.3 Å². The Balaban J connectivity index is 0.00000280. The van der Waals surface area contributed by atoms with E-state index in [-0.39, 0.29) is 47.7 Å². The summed E-state index contributed by atoms with van der Waals surface area (Å²) >= 11 is 2.53. The fourth-order valence-electron chi connectivity index (χ4n) is 2.62. The maximum atomic E-state index is 11.8. The Morgan fingerprint density at radius 1 is 1.43 bits per heavy atom. The molecule has 0 radical (unpaired) electrons. The third-order valence-corrected chi connectivity index (χ3v) is 6.41. The predicted octanol–water partition coefficient (Wildman–Crippen LogP) is -1.52. The number of thioether (sulfide) groups is 2. The quantitative estimate of drug-likeness (QED) is 0.333. The van der Waals surface area contributed by atoms with Crippen LogP contribution in [0.3, 0.4) is 0 Å². The number of tetrazole rings is 1. The zero-order chi connectivity index (χ0) is 19.7. The minimum Gasteiger partial charge on any atom is -0.477 e. The monoisotopic (exact) mass is 433 g/mol. The molecule has 28 heavy (non-hydrogen) atoms. The van der Waals surface area contributed by atoms with E-state index in [2.05, 4.69) is 15.5 Å². The van der Waals surface area contributed by atoms with Crippen molar-refractivity contribution in [3.8, 4) is 0 Å². The summed E-state index contributed by atoms with van der Waals surface area (Å²) in [5.41, 5.74) is 6.47. The van der Waals surface area contributed by atoms with Gasteiger partial charge in [-0.15, -0.1) is 16.9 Å². The van der Waals surface area contributed by atoms with Crippen molar-refractivity contribution in [2.45, 2.75) is 28.9 Å². The average molecular weight is 433 g/mol. The Labute approximate surface area is 167 Å². The molecule has 1 saturated heterocycles. The lowest BCUT2D eigenvalue weighted by Crippen LogP contribution is -2.56. The molecular formula is C13H19N7O6S2. The number of carbonyl (C=O) groups excluding carboxylic acids is 1. The number of carbonyl (C=O) groups is 3. The van der Waals surface area contributed by atoms with Gasteiger partial charge < -0.3 is 26.3 Å². The van der Waals surface area contributed by atoms with Gasteiger partial charge in [-0.25, -0.2) is 14.3 Å². The number of hydrogen-bond donors (Lipinski definition) is 3. The van der Waals surface area contributed by atoms with Crippen molar-refractivity contribution in [1.82, 2.24) is 30.0 Å². The third-order valence-electron chi connectivity index (χ3n) is 4.13. The van der Waals surface area contributed by atoms with E-state index in [1.807, 2.05) is 0 Å². The largest absolute Gasteiger partial charge is 0.477 e. The van der Waals surface area contributed by atoms with E-state index in [1.54, 1.807) is 0 Å². The van der Waals surface area contributed by atoms with Crippen LogP contribution in [0.15, 0.2) is 16.4 Å². The molecule has 1 unspecified atom stereocenters. The van der Waals surface area contributed by atoms with Gasteiger partial charge in [0, 0.05) is 19.3 Å². The number of rotatable bonds is 7. The van der Waals surface area contributed by atoms with Crippen molar-refractivity contribution in [3.63, 3.8) is 0 Å². The van der Waals surface area contributed by atoms with Crippen LogP contribution in [-0.4, -0.2) is 93.8 Å². The number of carboxylic acids is 1. The molecule has 0 bridgehead atoms. The Morgan fingerprint density at radius 3 is 2.75 bits per heavy atom. The summed E-state index contributed by atoms with van der Waals surface area (Å²) in [7, 11) is 1.43. The number of β-lactam (4-membered cyclic amide) rings is 1.